The van der Waals surface area contributed by atoms with Crippen LogP contribution < -0.4 is 14.4 Å². The molecule has 0 atom stereocenters. The number of amides is 1. The molecular formula is C25H27N3O4. The first-order valence-corrected chi connectivity index (χ1v) is 10.9. The molecule has 3 aromatic rings. The van der Waals surface area contributed by atoms with Crippen LogP contribution in [0.3, 0.4) is 0 Å². The fourth-order valence-corrected chi connectivity index (χ4v) is 4.40. The summed E-state index contributed by atoms with van der Waals surface area (Å²) in [5, 5.41) is 4.29. The summed E-state index contributed by atoms with van der Waals surface area (Å²) in [6.45, 7) is 2.97. The first kappa shape index (κ1) is 20.4. The molecule has 0 radical (unpaired) electrons. The Kier molecular flexibility index (Phi) is 5.25. The number of hydrogen-bond acceptors (Lipinski definition) is 6. The van der Waals surface area contributed by atoms with E-state index in [0.29, 0.717) is 18.8 Å². The lowest BCUT2D eigenvalue weighted by Crippen LogP contribution is -2.51. The van der Waals surface area contributed by atoms with Crippen molar-refractivity contribution in [2.45, 2.75) is 18.3 Å². The smallest absolute Gasteiger partial charge is 0.235 e. The van der Waals surface area contributed by atoms with E-state index < -0.39 is 5.41 Å². The molecule has 7 heteroatoms. The van der Waals surface area contributed by atoms with E-state index in [0.717, 1.165) is 54.4 Å². The molecule has 1 aliphatic carbocycles. The molecule has 2 fully saturated rings. The molecular weight excluding hydrogens is 406 g/mol. The van der Waals surface area contributed by atoms with Gasteiger partial charge in [-0.25, -0.2) is 0 Å². The van der Waals surface area contributed by atoms with Gasteiger partial charge in [0.25, 0.3) is 0 Å². The Hall–Kier alpha value is -3.48. The molecule has 1 amide bonds. The van der Waals surface area contributed by atoms with Gasteiger partial charge in [-0.15, -0.1) is 0 Å². The van der Waals surface area contributed by atoms with Crippen molar-refractivity contribution < 1.29 is 18.8 Å². The summed E-state index contributed by atoms with van der Waals surface area (Å²) in [6.07, 6.45) is 1.62. The minimum Gasteiger partial charge on any atom is -0.497 e. The van der Waals surface area contributed by atoms with E-state index in [9.17, 15) is 4.79 Å². The molecule has 2 aromatic carbocycles. The summed E-state index contributed by atoms with van der Waals surface area (Å²) in [4.78, 5) is 17.7. The average Bonchev–Trinajstić information content (AvgIpc) is 3.52. The molecule has 0 N–H and O–H groups in total. The zero-order valence-electron chi connectivity index (χ0n) is 18.4. The molecule has 7 nitrogen and oxygen atoms in total. The quantitative estimate of drug-likeness (QED) is 0.590. The number of carbonyl (C=O) groups excluding carboxylic acids is 1. The van der Waals surface area contributed by atoms with Crippen molar-refractivity contribution >= 4 is 11.6 Å². The van der Waals surface area contributed by atoms with Crippen molar-refractivity contribution in [1.82, 2.24) is 10.1 Å². The third kappa shape index (κ3) is 3.68. The summed E-state index contributed by atoms with van der Waals surface area (Å²) in [5.41, 5.74) is 2.20. The third-order valence-electron chi connectivity index (χ3n) is 6.50. The number of methoxy groups -OCH3 is 2. The fourth-order valence-electron chi connectivity index (χ4n) is 4.40. The van der Waals surface area contributed by atoms with Gasteiger partial charge in [0.05, 0.1) is 25.3 Å². The lowest BCUT2D eigenvalue weighted by atomic mass is 9.99. The summed E-state index contributed by atoms with van der Waals surface area (Å²) >= 11 is 0. The second-order valence-corrected chi connectivity index (χ2v) is 8.37. The number of ether oxygens (including phenoxy) is 2. The van der Waals surface area contributed by atoms with E-state index in [1.165, 1.54) is 0 Å². The topological polar surface area (TPSA) is 68.0 Å². The minimum atomic E-state index is -0.543. The van der Waals surface area contributed by atoms with E-state index >= 15 is 0 Å². The van der Waals surface area contributed by atoms with Crippen molar-refractivity contribution in [3.8, 4) is 22.8 Å². The molecule has 2 aliphatic rings. The van der Waals surface area contributed by atoms with Crippen molar-refractivity contribution in [3.63, 3.8) is 0 Å². The standard InChI is InChI=1S/C25H27N3O4/c1-30-20-7-3-5-18(15-20)22-17-23(26-32-22)25(9-10-25)24(29)28-13-11-27(12-14-28)19-6-4-8-21(16-19)31-2/h3-8,15-17H,9-14H2,1-2H3. The van der Waals surface area contributed by atoms with E-state index in [-0.39, 0.29) is 5.91 Å². The maximum atomic E-state index is 13.5. The fraction of sp³-hybridized carbons (Fsp3) is 0.360. The first-order chi connectivity index (χ1) is 15.6. The lowest BCUT2D eigenvalue weighted by Gasteiger charge is -2.37. The predicted octanol–water partition coefficient (Wildman–Crippen LogP) is 3.74. The van der Waals surface area contributed by atoms with Gasteiger partial charge in [-0.05, 0) is 37.1 Å². The Bertz CT molecular complexity index is 1110. The highest BCUT2D eigenvalue weighted by molar-refractivity contribution is 5.91. The summed E-state index contributed by atoms with van der Waals surface area (Å²) in [7, 11) is 3.31. The highest BCUT2D eigenvalue weighted by Crippen LogP contribution is 2.50. The van der Waals surface area contributed by atoms with Crippen LogP contribution in [0.15, 0.2) is 59.1 Å². The molecule has 0 bridgehead atoms. The second kappa shape index (κ2) is 8.22. The number of piperazine rings is 1. The molecule has 1 aromatic heterocycles. The molecule has 0 spiro atoms. The Morgan fingerprint density at radius 3 is 2.31 bits per heavy atom. The molecule has 0 unspecified atom stereocenters. The molecule has 1 saturated carbocycles. The number of nitrogens with zero attached hydrogens (tertiary/aromatic N) is 3. The van der Waals surface area contributed by atoms with Crippen molar-refractivity contribution in [2.75, 3.05) is 45.3 Å². The third-order valence-corrected chi connectivity index (χ3v) is 6.50. The number of rotatable bonds is 6. The average molecular weight is 434 g/mol. The van der Waals surface area contributed by atoms with Crippen LogP contribution >= 0.6 is 0 Å². The van der Waals surface area contributed by atoms with E-state index in [4.69, 9.17) is 14.0 Å². The monoisotopic (exact) mass is 433 g/mol. The summed E-state index contributed by atoms with van der Waals surface area (Å²) in [5.74, 6) is 2.41. The van der Waals surface area contributed by atoms with Gasteiger partial charge >= 0.3 is 0 Å². The molecule has 166 valence electrons. The molecule has 2 heterocycles. The van der Waals surface area contributed by atoms with Crippen LogP contribution in [-0.4, -0.2) is 56.4 Å². The van der Waals surface area contributed by atoms with Gasteiger partial charge in [0.15, 0.2) is 5.76 Å². The number of carbonyl (C=O) groups is 1. The van der Waals surface area contributed by atoms with E-state index in [1.807, 2.05) is 53.4 Å². The van der Waals surface area contributed by atoms with Gasteiger partial charge in [0, 0.05) is 49.6 Å². The first-order valence-electron chi connectivity index (χ1n) is 10.9. The zero-order chi connectivity index (χ0) is 22.1. The number of hydrogen-bond donors (Lipinski definition) is 0. The molecule has 1 saturated heterocycles. The SMILES string of the molecule is COc1cccc(-c2cc(C3(C(=O)N4CCN(c5cccc(OC)c5)CC4)CC3)no2)c1. The molecule has 5 rings (SSSR count). The maximum absolute atomic E-state index is 13.5. The van der Waals surface area contributed by atoms with Crippen LogP contribution in [0.5, 0.6) is 11.5 Å². The van der Waals surface area contributed by atoms with Crippen LogP contribution in [-0.2, 0) is 10.2 Å². The van der Waals surface area contributed by atoms with Gasteiger partial charge < -0.3 is 23.8 Å². The predicted molar refractivity (Wildman–Crippen MR) is 121 cm³/mol. The van der Waals surface area contributed by atoms with Gasteiger partial charge in [-0.1, -0.05) is 23.4 Å². The summed E-state index contributed by atoms with van der Waals surface area (Å²) in [6, 6.07) is 17.6. The Morgan fingerprint density at radius 1 is 0.938 bits per heavy atom. The molecule has 32 heavy (non-hydrogen) atoms. The van der Waals surface area contributed by atoms with Crippen molar-refractivity contribution in [3.05, 3.63) is 60.3 Å². The molecule has 1 aliphatic heterocycles. The van der Waals surface area contributed by atoms with E-state index in [1.54, 1.807) is 14.2 Å². The van der Waals surface area contributed by atoms with Crippen LogP contribution in [0.2, 0.25) is 0 Å². The largest absolute Gasteiger partial charge is 0.497 e. The van der Waals surface area contributed by atoms with Crippen LogP contribution in [0.1, 0.15) is 18.5 Å². The van der Waals surface area contributed by atoms with Gasteiger partial charge in [0.2, 0.25) is 5.91 Å². The number of anilines is 1. The lowest BCUT2D eigenvalue weighted by molar-refractivity contribution is -0.134. The van der Waals surface area contributed by atoms with Crippen LogP contribution in [0.4, 0.5) is 5.69 Å². The minimum absolute atomic E-state index is 0.160. The Labute approximate surface area is 187 Å². The van der Waals surface area contributed by atoms with Crippen LogP contribution in [0.25, 0.3) is 11.3 Å². The number of benzene rings is 2. The van der Waals surface area contributed by atoms with Gasteiger partial charge in [-0.2, -0.15) is 0 Å². The van der Waals surface area contributed by atoms with Gasteiger partial charge in [-0.3, -0.25) is 4.79 Å². The van der Waals surface area contributed by atoms with Crippen LogP contribution in [0, 0.1) is 0 Å². The van der Waals surface area contributed by atoms with Crippen molar-refractivity contribution in [1.29, 1.82) is 0 Å². The van der Waals surface area contributed by atoms with Gasteiger partial charge in [0.1, 0.15) is 11.5 Å². The normalized spacial score (nSPS) is 17.2. The van der Waals surface area contributed by atoms with Crippen molar-refractivity contribution in [2.24, 2.45) is 0 Å². The maximum Gasteiger partial charge on any atom is 0.235 e. The highest BCUT2D eigenvalue weighted by atomic mass is 16.5. The number of aromatic nitrogens is 1. The second-order valence-electron chi connectivity index (χ2n) is 8.37. The van der Waals surface area contributed by atoms with E-state index in [2.05, 4.69) is 16.1 Å². The summed E-state index contributed by atoms with van der Waals surface area (Å²) < 4.78 is 16.3. The Morgan fingerprint density at radius 2 is 1.62 bits per heavy atom. The zero-order valence-corrected chi connectivity index (χ0v) is 18.4. The highest BCUT2D eigenvalue weighted by Gasteiger charge is 2.55. The Balaban J connectivity index is 1.27.